The van der Waals surface area contributed by atoms with Crippen LogP contribution in [0.15, 0.2) is 48.5 Å². The minimum atomic E-state index is -0.575. The molecule has 0 radical (unpaired) electrons. The van der Waals surface area contributed by atoms with Gasteiger partial charge in [-0.15, -0.1) is 0 Å². The molecule has 0 aromatic heterocycles. The predicted molar refractivity (Wildman–Crippen MR) is 134 cm³/mol. The summed E-state index contributed by atoms with van der Waals surface area (Å²) in [6, 6.07) is 18.2. The van der Waals surface area contributed by atoms with Crippen LogP contribution in [0.5, 0.6) is 0 Å². The van der Waals surface area contributed by atoms with Gasteiger partial charge in [0.1, 0.15) is 6.17 Å². The molecule has 2 aromatic carbocycles. The number of rotatable bonds is 13. The van der Waals surface area contributed by atoms with Gasteiger partial charge in [0.2, 0.25) is 0 Å². The molecule has 1 heteroatoms. The second-order valence-corrected chi connectivity index (χ2v) is 9.70. The third-order valence-electron chi connectivity index (χ3n) is 7.15. The minimum absolute atomic E-state index is 0.546. The van der Waals surface area contributed by atoms with E-state index < -0.39 is 6.17 Å². The van der Waals surface area contributed by atoms with Crippen LogP contribution in [0, 0.1) is 0 Å². The van der Waals surface area contributed by atoms with Crippen molar-refractivity contribution < 1.29 is 4.39 Å². The Bertz CT molecular complexity index is 707. The van der Waals surface area contributed by atoms with Gasteiger partial charge in [-0.25, -0.2) is 4.39 Å². The van der Waals surface area contributed by atoms with Crippen molar-refractivity contribution in [2.75, 3.05) is 0 Å². The van der Waals surface area contributed by atoms with Crippen LogP contribution < -0.4 is 0 Å². The fourth-order valence-electron chi connectivity index (χ4n) is 5.01. The van der Waals surface area contributed by atoms with Crippen molar-refractivity contribution in [2.24, 2.45) is 0 Å². The molecular formula is C30H43F. The molecule has 0 saturated heterocycles. The molecule has 0 unspecified atom stereocenters. The summed E-state index contributed by atoms with van der Waals surface area (Å²) >= 11 is 0. The first-order chi connectivity index (χ1) is 15.3. The maximum atomic E-state index is 13.4. The molecule has 0 nitrogen and oxygen atoms in total. The predicted octanol–water partition coefficient (Wildman–Crippen LogP) is 9.81. The maximum Gasteiger partial charge on any atom is 0.100 e. The molecule has 0 amide bonds. The SMILES string of the molecule is CCCCCCCCCCCCc1ccc(-c2ccc(C3CCC(F)CC3)cc2)cc1. The molecule has 3 rings (SSSR count). The van der Waals surface area contributed by atoms with Crippen molar-refractivity contribution in [1.29, 1.82) is 0 Å². The average molecular weight is 423 g/mol. The minimum Gasteiger partial charge on any atom is -0.247 e. The largest absolute Gasteiger partial charge is 0.247 e. The third-order valence-corrected chi connectivity index (χ3v) is 7.15. The van der Waals surface area contributed by atoms with E-state index in [4.69, 9.17) is 0 Å². The molecule has 2 aromatic rings. The summed E-state index contributed by atoms with van der Waals surface area (Å²) in [6.07, 6.45) is 18.0. The van der Waals surface area contributed by atoms with E-state index in [1.807, 2.05) is 0 Å². The van der Waals surface area contributed by atoms with Crippen LogP contribution in [-0.4, -0.2) is 6.17 Å². The van der Waals surface area contributed by atoms with Gasteiger partial charge < -0.3 is 0 Å². The molecule has 170 valence electrons. The number of unbranched alkanes of at least 4 members (excludes halogenated alkanes) is 9. The molecule has 0 N–H and O–H groups in total. The van der Waals surface area contributed by atoms with Crippen LogP contribution in [0.3, 0.4) is 0 Å². The molecule has 0 spiro atoms. The van der Waals surface area contributed by atoms with Gasteiger partial charge in [0.25, 0.3) is 0 Å². The summed E-state index contributed by atoms with van der Waals surface area (Å²) in [7, 11) is 0. The van der Waals surface area contributed by atoms with Gasteiger partial charge in [0.15, 0.2) is 0 Å². The van der Waals surface area contributed by atoms with Crippen LogP contribution in [0.2, 0.25) is 0 Å². The van der Waals surface area contributed by atoms with Crippen LogP contribution >= 0.6 is 0 Å². The Morgan fingerprint density at radius 2 is 1.10 bits per heavy atom. The summed E-state index contributed by atoms with van der Waals surface area (Å²) in [4.78, 5) is 0. The molecule has 0 bridgehead atoms. The molecule has 1 aliphatic rings. The molecule has 1 saturated carbocycles. The molecular weight excluding hydrogens is 379 g/mol. The lowest BCUT2D eigenvalue weighted by Gasteiger charge is -2.24. The fraction of sp³-hybridized carbons (Fsp3) is 0.600. The average Bonchev–Trinajstić information content (AvgIpc) is 2.81. The summed E-state index contributed by atoms with van der Waals surface area (Å²) in [5.74, 6) is 0.546. The van der Waals surface area contributed by atoms with Crippen molar-refractivity contribution in [3.8, 4) is 11.1 Å². The zero-order valence-corrected chi connectivity index (χ0v) is 19.8. The number of halogens is 1. The van der Waals surface area contributed by atoms with Crippen LogP contribution in [-0.2, 0) is 6.42 Å². The Labute approximate surface area is 190 Å². The number of aryl methyl sites for hydroxylation is 1. The van der Waals surface area contributed by atoms with E-state index in [2.05, 4.69) is 55.5 Å². The first-order valence-electron chi connectivity index (χ1n) is 13.1. The normalized spacial score (nSPS) is 18.9. The summed E-state index contributed by atoms with van der Waals surface area (Å²) in [5, 5.41) is 0. The van der Waals surface area contributed by atoms with Gasteiger partial charge in [0, 0.05) is 0 Å². The lowest BCUT2D eigenvalue weighted by atomic mass is 9.83. The Hall–Kier alpha value is -1.63. The fourth-order valence-corrected chi connectivity index (χ4v) is 5.01. The Balaban J connectivity index is 1.34. The smallest absolute Gasteiger partial charge is 0.100 e. The highest BCUT2D eigenvalue weighted by atomic mass is 19.1. The summed E-state index contributed by atoms with van der Waals surface area (Å²) in [6.45, 7) is 2.28. The molecule has 0 atom stereocenters. The standard InChI is InChI=1S/C30H43F/c1-2-3-4-5-6-7-8-9-10-11-12-25-13-15-26(16-14-25)27-17-19-28(20-18-27)29-21-23-30(31)24-22-29/h13-20,29-30H,2-12,21-24H2,1H3. The van der Waals surface area contributed by atoms with E-state index in [1.54, 1.807) is 0 Å². The van der Waals surface area contributed by atoms with Crippen molar-refractivity contribution in [2.45, 2.75) is 115 Å². The third kappa shape index (κ3) is 8.43. The molecule has 1 aliphatic carbocycles. The first-order valence-corrected chi connectivity index (χ1v) is 13.1. The highest BCUT2D eigenvalue weighted by Crippen LogP contribution is 2.35. The van der Waals surface area contributed by atoms with E-state index in [0.717, 1.165) is 25.7 Å². The van der Waals surface area contributed by atoms with E-state index >= 15 is 0 Å². The first kappa shape index (κ1) is 24.0. The maximum absolute atomic E-state index is 13.4. The van der Waals surface area contributed by atoms with E-state index in [-0.39, 0.29) is 0 Å². The van der Waals surface area contributed by atoms with Crippen LogP contribution in [0.1, 0.15) is 114 Å². The van der Waals surface area contributed by atoms with Gasteiger partial charge in [-0.1, -0.05) is 113 Å². The topological polar surface area (TPSA) is 0 Å². The van der Waals surface area contributed by atoms with Crippen LogP contribution in [0.4, 0.5) is 4.39 Å². The molecule has 0 heterocycles. The van der Waals surface area contributed by atoms with Crippen molar-refractivity contribution in [3.05, 3.63) is 59.7 Å². The molecule has 1 fully saturated rings. The molecule has 0 aliphatic heterocycles. The van der Waals surface area contributed by atoms with Gasteiger partial charge >= 0.3 is 0 Å². The van der Waals surface area contributed by atoms with E-state index in [9.17, 15) is 4.39 Å². The Morgan fingerprint density at radius 1 is 0.613 bits per heavy atom. The lowest BCUT2D eigenvalue weighted by Crippen LogP contribution is -2.13. The van der Waals surface area contributed by atoms with Crippen molar-refractivity contribution in [3.63, 3.8) is 0 Å². The highest BCUT2D eigenvalue weighted by Gasteiger charge is 2.21. The van der Waals surface area contributed by atoms with Gasteiger partial charge in [0.05, 0.1) is 0 Å². The van der Waals surface area contributed by atoms with Crippen LogP contribution in [0.25, 0.3) is 11.1 Å². The van der Waals surface area contributed by atoms with Crippen molar-refractivity contribution in [1.82, 2.24) is 0 Å². The van der Waals surface area contributed by atoms with Gasteiger partial charge in [-0.2, -0.15) is 0 Å². The quantitative estimate of drug-likeness (QED) is 0.282. The molecule has 31 heavy (non-hydrogen) atoms. The second-order valence-electron chi connectivity index (χ2n) is 9.70. The number of hydrogen-bond donors (Lipinski definition) is 0. The zero-order chi connectivity index (χ0) is 21.7. The Kier molecular flexibility index (Phi) is 10.6. The number of benzene rings is 2. The number of hydrogen-bond acceptors (Lipinski definition) is 0. The lowest BCUT2D eigenvalue weighted by molar-refractivity contribution is 0.235. The monoisotopic (exact) mass is 422 g/mol. The zero-order valence-electron chi connectivity index (χ0n) is 19.8. The van der Waals surface area contributed by atoms with Crippen molar-refractivity contribution >= 4 is 0 Å². The van der Waals surface area contributed by atoms with E-state index in [0.29, 0.717) is 5.92 Å². The van der Waals surface area contributed by atoms with E-state index in [1.165, 1.54) is 92.9 Å². The number of alkyl halides is 1. The van der Waals surface area contributed by atoms with Gasteiger partial charge in [-0.05, 0) is 66.7 Å². The Morgan fingerprint density at radius 3 is 1.65 bits per heavy atom. The highest BCUT2D eigenvalue weighted by molar-refractivity contribution is 5.64. The van der Waals surface area contributed by atoms with Gasteiger partial charge in [-0.3, -0.25) is 0 Å². The summed E-state index contributed by atoms with van der Waals surface area (Å²) in [5.41, 5.74) is 5.43. The second kappa shape index (κ2) is 13.7. The summed E-state index contributed by atoms with van der Waals surface area (Å²) < 4.78 is 13.4.